The van der Waals surface area contributed by atoms with Crippen LogP contribution < -0.4 is 0 Å². The molecule has 1 atom stereocenters. The quantitative estimate of drug-likeness (QED) is 0.482. The predicted octanol–water partition coefficient (Wildman–Crippen LogP) is 3.18. The molecule has 0 amide bonds. The summed E-state index contributed by atoms with van der Waals surface area (Å²) in [6, 6.07) is 0. The molecule has 0 aromatic carbocycles. The molecule has 0 N–H and O–H groups in total. The van der Waals surface area contributed by atoms with Crippen LogP contribution in [0.4, 0.5) is 0 Å². The van der Waals surface area contributed by atoms with Gasteiger partial charge in [-0.25, -0.2) is 0 Å². The topological polar surface area (TPSA) is 0 Å². The van der Waals surface area contributed by atoms with Crippen LogP contribution in [0.3, 0.4) is 0 Å². The summed E-state index contributed by atoms with van der Waals surface area (Å²) < 4.78 is 0. The maximum Gasteiger partial charge on any atom is 0.0223 e. The first-order valence-electron chi connectivity index (χ1n) is 2.97. The first kappa shape index (κ1) is 8.77. The van der Waals surface area contributed by atoms with E-state index in [9.17, 15) is 0 Å². The Morgan fingerprint density at radius 1 is 1.50 bits per heavy atom. The molecule has 0 heterocycles. The largest absolute Gasteiger partial charge is 0.127 e. The summed E-state index contributed by atoms with van der Waals surface area (Å²) in [5.74, 6) is 0.805. The summed E-state index contributed by atoms with van der Waals surface area (Å²) in [6.45, 7) is 2.16. The summed E-state index contributed by atoms with van der Waals surface area (Å²) in [4.78, 5) is 0.658. The molecule has 2 heteroatoms. The summed E-state index contributed by atoms with van der Waals surface area (Å²) in [6.07, 6.45) is 3.64. The number of rotatable bonds is 4. The Morgan fingerprint density at radius 3 is 2.50 bits per heavy atom. The van der Waals surface area contributed by atoms with Crippen molar-refractivity contribution in [2.24, 2.45) is 0 Å². The predicted molar refractivity (Wildman–Crippen MR) is 43.0 cm³/mol. The Morgan fingerprint density at radius 2 is 2.12 bits per heavy atom. The van der Waals surface area contributed by atoms with Crippen LogP contribution in [0.25, 0.3) is 0 Å². The van der Waals surface area contributed by atoms with Crippen LogP contribution in [-0.4, -0.2) is 10.7 Å². The minimum absolute atomic E-state index is 0.658. The van der Waals surface area contributed by atoms with Crippen molar-refractivity contribution in [1.29, 1.82) is 0 Å². The molecule has 0 spiro atoms. The fourth-order valence-corrected chi connectivity index (χ4v) is 1.03. The van der Waals surface area contributed by atoms with Gasteiger partial charge in [0.1, 0.15) is 0 Å². The third kappa shape index (κ3) is 6.77. The Kier molecular flexibility index (Phi) is 6.47. The summed E-state index contributed by atoms with van der Waals surface area (Å²) in [5, 5.41) is 0. The zero-order valence-corrected chi connectivity index (χ0v) is 7.50. The van der Waals surface area contributed by atoms with E-state index in [1.807, 2.05) is 0 Å². The van der Waals surface area contributed by atoms with Crippen molar-refractivity contribution < 1.29 is 0 Å². The molecule has 0 fully saturated rings. The van der Waals surface area contributed by atoms with Crippen molar-refractivity contribution in [3.8, 4) is 0 Å². The van der Waals surface area contributed by atoms with Crippen molar-refractivity contribution in [3.63, 3.8) is 0 Å². The van der Waals surface area contributed by atoms with Gasteiger partial charge in [-0.05, 0) is 12.8 Å². The lowest BCUT2D eigenvalue weighted by Gasteiger charge is -1.98. The van der Waals surface area contributed by atoms with E-state index in [1.165, 1.54) is 12.8 Å². The first-order valence-corrected chi connectivity index (χ1v) is 4.42. The van der Waals surface area contributed by atoms with Crippen LogP contribution >= 0.6 is 27.5 Å². The molecule has 0 aromatic heterocycles. The molecular formula is C6H12BrCl. The van der Waals surface area contributed by atoms with Gasteiger partial charge in [0.15, 0.2) is 0 Å². The van der Waals surface area contributed by atoms with Crippen LogP contribution in [0.1, 0.15) is 26.2 Å². The maximum absolute atomic E-state index is 5.47. The minimum Gasteiger partial charge on any atom is -0.127 e. The lowest BCUT2D eigenvalue weighted by Crippen LogP contribution is -1.88. The summed E-state index contributed by atoms with van der Waals surface area (Å²) in [5.41, 5.74) is 0. The third-order valence-electron chi connectivity index (χ3n) is 0.986. The zero-order chi connectivity index (χ0) is 6.41. The van der Waals surface area contributed by atoms with Crippen molar-refractivity contribution >= 4 is 27.5 Å². The van der Waals surface area contributed by atoms with E-state index in [0.717, 1.165) is 12.3 Å². The van der Waals surface area contributed by atoms with Gasteiger partial charge in [0.2, 0.25) is 0 Å². The van der Waals surface area contributed by atoms with E-state index in [4.69, 9.17) is 11.6 Å². The average Bonchev–Trinajstić information content (AvgIpc) is 1.66. The van der Waals surface area contributed by atoms with E-state index in [-0.39, 0.29) is 0 Å². The standard InChI is InChI=1S/C6H12BrCl/c1-6(7)4-2-3-5-8/h6H,2-5H2,1H3. The average molecular weight is 200 g/mol. The molecule has 0 bridgehead atoms. The smallest absolute Gasteiger partial charge is 0.0223 e. The summed E-state index contributed by atoms with van der Waals surface area (Å²) >= 11 is 8.93. The maximum atomic E-state index is 5.47. The normalized spacial score (nSPS) is 13.9. The molecule has 1 unspecified atom stereocenters. The molecule has 0 radical (unpaired) electrons. The lowest BCUT2D eigenvalue weighted by atomic mass is 10.2. The molecule has 0 saturated carbocycles. The zero-order valence-electron chi connectivity index (χ0n) is 5.16. The molecule has 0 nitrogen and oxygen atoms in total. The molecule has 50 valence electrons. The minimum atomic E-state index is 0.658. The van der Waals surface area contributed by atoms with Gasteiger partial charge in [-0.15, -0.1) is 11.6 Å². The monoisotopic (exact) mass is 198 g/mol. The van der Waals surface area contributed by atoms with Crippen molar-refractivity contribution in [2.75, 3.05) is 5.88 Å². The van der Waals surface area contributed by atoms with Crippen LogP contribution in [0.15, 0.2) is 0 Å². The number of unbranched alkanes of at least 4 members (excludes halogenated alkanes) is 1. The number of hydrogen-bond donors (Lipinski definition) is 0. The molecule has 0 aliphatic rings. The Hall–Kier alpha value is 0.770. The Labute approximate surface area is 64.7 Å². The van der Waals surface area contributed by atoms with E-state index in [0.29, 0.717) is 4.83 Å². The van der Waals surface area contributed by atoms with Crippen LogP contribution in [-0.2, 0) is 0 Å². The van der Waals surface area contributed by atoms with E-state index in [1.54, 1.807) is 0 Å². The number of hydrogen-bond acceptors (Lipinski definition) is 0. The fourth-order valence-electron chi connectivity index (χ4n) is 0.520. The molecule has 0 saturated heterocycles. The SMILES string of the molecule is CC(Br)CCCCCl. The highest BCUT2D eigenvalue weighted by Gasteiger charge is 1.92. The van der Waals surface area contributed by atoms with Crippen LogP contribution in [0, 0.1) is 0 Å². The Bertz CT molecular complexity index is 45.8. The van der Waals surface area contributed by atoms with Crippen LogP contribution in [0.2, 0.25) is 0 Å². The van der Waals surface area contributed by atoms with E-state index < -0.39 is 0 Å². The Balaban J connectivity index is 2.72. The fraction of sp³-hybridized carbons (Fsp3) is 1.00. The second-order valence-corrected chi connectivity index (χ2v) is 3.91. The van der Waals surface area contributed by atoms with Crippen molar-refractivity contribution in [1.82, 2.24) is 0 Å². The van der Waals surface area contributed by atoms with Crippen molar-refractivity contribution in [3.05, 3.63) is 0 Å². The number of alkyl halides is 2. The first-order chi connectivity index (χ1) is 3.77. The van der Waals surface area contributed by atoms with Gasteiger partial charge in [-0.1, -0.05) is 29.3 Å². The molecule has 0 rings (SSSR count). The van der Waals surface area contributed by atoms with Gasteiger partial charge in [0.05, 0.1) is 0 Å². The van der Waals surface area contributed by atoms with E-state index >= 15 is 0 Å². The second-order valence-electron chi connectivity index (χ2n) is 1.97. The molecule has 0 aliphatic carbocycles. The lowest BCUT2D eigenvalue weighted by molar-refractivity contribution is 0.722. The third-order valence-corrected chi connectivity index (χ3v) is 1.71. The van der Waals surface area contributed by atoms with Gasteiger partial charge in [0, 0.05) is 10.7 Å². The number of halogens is 2. The molecular weight excluding hydrogens is 187 g/mol. The highest BCUT2D eigenvalue weighted by molar-refractivity contribution is 9.09. The van der Waals surface area contributed by atoms with Gasteiger partial charge < -0.3 is 0 Å². The summed E-state index contributed by atoms with van der Waals surface area (Å²) in [7, 11) is 0. The van der Waals surface area contributed by atoms with Gasteiger partial charge in [0.25, 0.3) is 0 Å². The van der Waals surface area contributed by atoms with Crippen LogP contribution in [0.5, 0.6) is 0 Å². The highest BCUT2D eigenvalue weighted by atomic mass is 79.9. The van der Waals surface area contributed by atoms with Gasteiger partial charge >= 0.3 is 0 Å². The molecule has 0 aliphatic heterocycles. The molecule has 8 heavy (non-hydrogen) atoms. The van der Waals surface area contributed by atoms with Crippen molar-refractivity contribution in [2.45, 2.75) is 31.0 Å². The highest BCUT2D eigenvalue weighted by Crippen LogP contribution is 2.08. The van der Waals surface area contributed by atoms with E-state index in [2.05, 4.69) is 22.9 Å². The second kappa shape index (κ2) is 5.90. The molecule has 0 aromatic rings. The van der Waals surface area contributed by atoms with Gasteiger partial charge in [-0.2, -0.15) is 0 Å². The van der Waals surface area contributed by atoms with Gasteiger partial charge in [-0.3, -0.25) is 0 Å².